The van der Waals surface area contributed by atoms with E-state index >= 15 is 0 Å². The van der Waals surface area contributed by atoms with Gasteiger partial charge in [0.05, 0.1) is 5.56 Å². The van der Waals surface area contributed by atoms with E-state index in [-0.39, 0.29) is 18.9 Å². The van der Waals surface area contributed by atoms with Crippen molar-refractivity contribution in [3.8, 4) is 11.5 Å². The molecule has 0 aliphatic carbocycles. The van der Waals surface area contributed by atoms with Crippen molar-refractivity contribution in [2.24, 2.45) is 0 Å². The van der Waals surface area contributed by atoms with Crippen molar-refractivity contribution < 1.29 is 14.3 Å². The van der Waals surface area contributed by atoms with Gasteiger partial charge in [-0.15, -0.1) is 0 Å². The molecule has 0 saturated heterocycles. The van der Waals surface area contributed by atoms with Crippen molar-refractivity contribution in [2.45, 2.75) is 12.7 Å². The number of rotatable bonds is 3. The second-order valence-corrected chi connectivity index (χ2v) is 7.50. The summed E-state index contributed by atoms with van der Waals surface area (Å²) in [5, 5.41) is 4.67. The molecule has 0 unspecified atom stereocenters. The lowest BCUT2D eigenvalue weighted by Crippen LogP contribution is -2.42. The Labute approximate surface area is 173 Å². The van der Waals surface area contributed by atoms with E-state index in [1.54, 1.807) is 0 Å². The van der Waals surface area contributed by atoms with Crippen LogP contribution in [0, 0.1) is 0 Å². The van der Waals surface area contributed by atoms with Gasteiger partial charge in [-0.3, -0.25) is 4.79 Å². The summed E-state index contributed by atoms with van der Waals surface area (Å²) in [4.78, 5) is 18.7. The summed E-state index contributed by atoms with van der Waals surface area (Å²) in [5.74, 6) is 1.45. The fourth-order valence-electron chi connectivity index (χ4n) is 4.26. The zero-order valence-electron chi connectivity index (χ0n) is 16.1. The highest BCUT2D eigenvalue weighted by atomic mass is 16.7. The molecule has 1 aromatic heterocycles. The maximum atomic E-state index is 13.5. The molecule has 6 heteroatoms. The van der Waals surface area contributed by atoms with Crippen LogP contribution in [0.3, 0.4) is 0 Å². The van der Waals surface area contributed by atoms with Crippen LogP contribution < -0.4 is 14.8 Å². The molecule has 2 N–H and O–H groups in total. The molecule has 0 spiro atoms. The number of amides is 1. The lowest BCUT2D eigenvalue weighted by Gasteiger charge is -2.38. The Balaban J connectivity index is 1.44. The molecule has 6 nitrogen and oxygen atoms in total. The van der Waals surface area contributed by atoms with Crippen LogP contribution >= 0.6 is 0 Å². The third kappa shape index (κ3) is 2.61. The van der Waals surface area contributed by atoms with Gasteiger partial charge in [0.25, 0.3) is 5.91 Å². The third-order valence-corrected chi connectivity index (χ3v) is 5.73. The van der Waals surface area contributed by atoms with E-state index in [9.17, 15) is 4.79 Å². The van der Waals surface area contributed by atoms with Crippen LogP contribution in [0.1, 0.15) is 27.7 Å². The Morgan fingerprint density at radius 1 is 0.967 bits per heavy atom. The van der Waals surface area contributed by atoms with Gasteiger partial charge in [-0.05, 0) is 35.9 Å². The lowest BCUT2D eigenvalue weighted by atomic mass is 10.0. The Morgan fingerprint density at radius 2 is 1.80 bits per heavy atom. The molecule has 30 heavy (non-hydrogen) atoms. The summed E-state index contributed by atoms with van der Waals surface area (Å²) in [7, 11) is 0. The van der Waals surface area contributed by atoms with Crippen molar-refractivity contribution in [3.63, 3.8) is 0 Å². The van der Waals surface area contributed by atoms with Crippen LogP contribution in [-0.4, -0.2) is 22.6 Å². The number of aromatic nitrogens is 1. The topological polar surface area (TPSA) is 66.6 Å². The predicted octanol–water partition coefficient (Wildman–Crippen LogP) is 4.66. The first-order valence-electron chi connectivity index (χ1n) is 9.89. The van der Waals surface area contributed by atoms with Crippen LogP contribution in [0.4, 0.5) is 5.69 Å². The van der Waals surface area contributed by atoms with Crippen LogP contribution in [-0.2, 0) is 6.54 Å². The van der Waals surface area contributed by atoms with Crippen LogP contribution in [0.2, 0.25) is 0 Å². The third-order valence-electron chi connectivity index (χ3n) is 5.73. The summed E-state index contributed by atoms with van der Waals surface area (Å²) >= 11 is 0. The SMILES string of the molecule is O=C1c2ccccc2N[C@@H](c2c[nH]c3ccccc23)N1Cc1ccc2c(c1)OCO2. The number of carbonyl (C=O) groups is 1. The Morgan fingerprint density at radius 3 is 2.77 bits per heavy atom. The molecule has 2 aliphatic heterocycles. The highest BCUT2D eigenvalue weighted by Crippen LogP contribution is 2.38. The van der Waals surface area contributed by atoms with Gasteiger partial charge in [-0.1, -0.05) is 36.4 Å². The maximum absolute atomic E-state index is 13.5. The maximum Gasteiger partial charge on any atom is 0.258 e. The number of nitrogens with zero attached hydrogens (tertiary/aromatic N) is 1. The second kappa shape index (κ2) is 6.56. The number of fused-ring (bicyclic) bond motifs is 3. The fourth-order valence-corrected chi connectivity index (χ4v) is 4.26. The Hall–Kier alpha value is -3.93. The summed E-state index contributed by atoms with van der Waals surface area (Å²) in [6.07, 6.45) is 1.69. The molecule has 3 heterocycles. The number of nitrogens with one attached hydrogen (secondary N) is 2. The predicted molar refractivity (Wildman–Crippen MR) is 114 cm³/mol. The van der Waals surface area contributed by atoms with E-state index in [0.717, 1.165) is 33.5 Å². The van der Waals surface area contributed by atoms with Gasteiger partial charge in [0, 0.05) is 34.9 Å². The largest absolute Gasteiger partial charge is 0.454 e. The first-order valence-corrected chi connectivity index (χ1v) is 9.89. The standard InChI is InChI=1S/C24H19N3O3/c28-24-17-6-2-4-8-20(17)26-23(18-12-25-19-7-3-1-5-16(18)19)27(24)13-15-9-10-21-22(11-15)30-14-29-21/h1-12,23,25-26H,13-14H2/t23-/m1/s1. The molecule has 1 atom stereocenters. The number of anilines is 1. The van der Waals surface area contributed by atoms with Gasteiger partial charge in [0.2, 0.25) is 6.79 Å². The number of hydrogen-bond acceptors (Lipinski definition) is 4. The van der Waals surface area contributed by atoms with E-state index in [2.05, 4.69) is 16.4 Å². The number of ether oxygens (including phenoxy) is 2. The number of hydrogen-bond donors (Lipinski definition) is 2. The minimum absolute atomic E-state index is 0.00250. The monoisotopic (exact) mass is 397 g/mol. The van der Waals surface area contributed by atoms with Crippen LogP contribution in [0.15, 0.2) is 72.9 Å². The molecule has 6 rings (SSSR count). The molecule has 0 fully saturated rings. The van der Waals surface area contributed by atoms with Gasteiger partial charge >= 0.3 is 0 Å². The number of para-hydroxylation sites is 2. The highest BCUT2D eigenvalue weighted by molar-refractivity contribution is 6.02. The fraction of sp³-hybridized carbons (Fsp3) is 0.125. The summed E-state index contributed by atoms with van der Waals surface area (Å²) < 4.78 is 10.9. The van der Waals surface area contributed by atoms with Gasteiger partial charge in [0.15, 0.2) is 11.5 Å². The Bertz CT molecular complexity index is 1280. The zero-order valence-corrected chi connectivity index (χ0v) is 16.1. The summed E-state index contributed by atoms with van der Waals surface area (Å²) in [5.41, 5.74) is 4.59. The van der Waals surface area contributed by atoms with E-state index in [0.29, 0.717) is 17.9 Å². The zero-order chi connectivity index (χ0) is 20.1. The minimum Gasteiger partial charge on any atom is -0.454 e. The van der Waals surface area contributed by atoms with Crippen molar-refractivity contribution in [1.82, 2.24) is 9.88 Å². The molecule has 2 aliphatic rings. The molecule has 1 amide bonds. The van der Waals surface area contributed by atoms with Crippen molar-refractivity contribution in [1.29, 1.82) is 0 Å². The van der Waals surface area contributed by atoms with Crippen LogP contribution in [0.25, 0.3) is 10.9 Å². The average molecular weight is 397 g/mol. The quantitative estimate of drug-likeness (QED) is 0.528. The van der Waals surface area contributed by atoms with Gasteiger partial charge in [-0.25, -0.2) is 0 Å². The van der Waals surface area contributed by atoms with Gasteiger partial charge < -0.3 is 24.7 Å². The first kappa shape index (κ1) is 17.0. The molecule has 0 bridgehead atoms. The molecule has 0 radical (unpaired) electrons. The van der Waals surface area contributed by atoms with Crippen molar-refractivity contribution >= 4 is 22.5 Å². The number of H-pyrrole nitrogens is 1. The second-order valence-electron chi connectivity index (χ2n) is 7.50. The molecular formula is C24H19N3O3. The summed E-state index contributed by atoms with van der Waals surface area (Å²) in [6, 6.07) is 21.6. The van der Waals surface area contributed by atoms with Crippen LogP contribution in [0.5, 0.6) is 11.5 Å². The highest BCUT2D eigenvalue weighted by Gasteiger charge is 2.34. The smallest absolute Gasteiger partial charge is 0.258 e. The molecule has 4 aromatic rings. The van der Waals surface area contributed by atoms with E-state index in [1.807, 2.05) is 71.8 Å². The van der Waals surface area contributed by atoms with E-state index in [4.69, 9.17) is 9.47 Å². The van der Waals surface area contributed by atoms with Gasteiger partial charge in [0.1, 0.15) is 6.17 Å². The van der Waals surface area contributed by atoms with Gasteiger partial charge in [-0.2, -0.15) is 0 Å². The number of aromatic amines is 1. The van der Waals surface area contributed by atoms with Crippen molar-refractivity contribution in [3.05, 3.63) is 89.6 Å². The molecule has 0 saturated carbocycles. The average Bonchev–Trinajstić information content (AvgIpc) is 3.42. The summed E-state index contributed by atoms with van der Waals surface area (Å²) in [6.45, 7) is 0.676. The number of carbonyl (C=O) groups excluding carboxylic acids is 1. The number of benzene rings is 3. The minimum atomic E-state index is -0.297. The van der Waals surface area contributed by atoms with E-state index < -0.39 is 0 Å². The molecular weight excluding hydrogens is 378 g/mol. The Kier molecular flexibility index (Phi) is 3.71. The molecule has 3 aromatic carbocycles. The molecule has 148 valence electrons. The van der Waals surface area contributed by atoms with E-state index in [1.165, 1.54) is 0 Å². The first-order chi connectivity index (χ1) is 14.8. The lowest BCUT2D eigenvalue weighted by molar-refractivity contribution is 0.0667. The normalized spacial score (nSPS) is 17.1. The van der Waals surface area contributed by atoms with Crippen molar-refractivity contribution in [2.75, 3.05) is 12.1 Å².